The summed E-state index contributed by atoms with van der Waals surface area (Å²) in [6.07, 6.45) is 6.86. The highest BCUT2D eigenvalue weighted by Crippen LogP contribution is 2.11. The third-order valence-electron chi connectivity index (χ3n) is 4.68. The monoisotopic (exact) mass is 499 g/mol. The number of halogens is 1. The summed E-state index contributed by atoms with van der Waals surface area (Å²) in [6, 6.07) is 5.82. The molecule has 0 radical (unpaired) electrons. The van der Waals surface area contributed by atoms with Crippen LogP contribution in [0, 0.1) is 0 Å². The molecule has 0 aromatic carbocycles. The van der Waals surface area contributed by atoms with Gasteiger partial charge in [0.15, 0.2) is 17.4 Å². The number of aromatic nitrogens is 3. The van der Waals surface area contributed by atoms with E-state index in [0.29, 0.717) is 18.9 Å². The summed E-state index contributed by atoms with van der Waals surface area (Å²) in [5, 5.41) is 15.0. The number of carbonyl (C=O) groups is 1. The Morgan fingerprint density at radius 1 is 1.21 bits per heavy atom. The van der Waals surface area contributed by atoms with Gasteiger partial charge < -0.3 is 15.5 Å². The summed E-state index contributed by atoms with van der Waals surface area (Å²) in [7, 11) is 0. The molecule has 8 nitrogen and oxygen atoms in total. The fourth-order valence-corrected chi connectivity index (χ4v) is 3.24. The van der Waals surface area contributed by atoms with Crippen molar-refractivity contribution in [3.05, 3.63) is 30.2 Å². The molecule has 0 unspecified atom stereocenters. The summed E-state index contributed by atoms with van der Waals surface area (Å²) in [5.74, 6) is 1.86. The van der Waals surface area contributed by atoms with E-state index in [2.05, 4.69) is 25.8 Å². The molecule has 2 aromatic rings. The second kappa shape index (κ2) is 11.8. The minimum absolute atomic E-state index is 0. The number of pyridine rings is 1. The maximum atomic E-state index is 12.0. The molecule has 3 heterocycles. The molecular formula is C19H30IN7O. The highest BCUT2D eigenvalue weighted by molar-refractivity contribution is 14.0. The van der Waals surface area contributed by atoms with E-state index in [1.807, 2.05) is 40.6 Å². The van der Waals surface area contributed by atoms with Crippen molar-refractivity contribution >= 4 is 41.5 Å². The Hall–Kier alpha value is -1.91. The van der Waals surface area contributed by atoms with Crippen molar-refractivity contribution in [2.45, 2.75) is 45.6 Å². The molecule has 2 N–H and O–H groups in total. The fraction of sp³-hybridized carbons (Fsp3) is 0.579. The smallest absolute Gasteiger partial charge is 0.222 e. The topological polar surface area (TPSA) is 86.9 Å². The minimum Gasteiger partial charge on any atom is -0.357 e. The van der Waals surface area contributed by atoms with Gasteiger partial charge in [-0.05, 0) is 38.3 Å². The summed E-state index contributed by atoms with van der Waals surface area (Å²) in [4.78, 5) is 18.7. The van der Waals surface area contributed by atoms with Crippen molar-refractivity contribution in [1.82, 2.24) is 30.1 Å². The van der Waals surface area contributed by atoms with E-state index in [-0.39, 0.29) is 24.0 Å². The predicted octanol–water partition coefficient (Wildman–Crippen LogP) is 2.20. The Labute approximate surface area is 183 Å². The Kier molecular flexibility index (Phi) is 9.45. The highest BCUT2D eigenvalue weighted by Gasteiger charge is 2.15. The van der Waals surface area contributed by atoms with Gasteiger partial charge in [-0.15, -0.1) is 34.2 Å². The summed E-state index contributed by atoms with van der Waals surface area (Å²) in [6.45, 7) is 5.75. The number of aliphatic imine (C=N–C) groups is 1. The number of nitrogens with one attached hydrogen (secondary N) is 2. The molecule has 28 heavy (non-hydrogen) atoms. The Bertz CT molecular complexity index is 776. The third kappa shape index (κ3) is 6.32. The lowest BCUT2D eigenvalue weighted by Crippen LogP contribution is -2.39. The molecule has 0 aliphatic carbocycles. The number of likely N-dealkylation sites (tertiary alicyclic amines) is 1. The molecule has 1 amide bonds. The first-order valence-electron chi connectivity index (χ1n) is 9.86. The average molecular weight is 499 g/mol. The van der Waals surface area contributed by atoms with Gasteiger partial charge in [-0.2, -0.15) is 0 Å². The van der Waals surface area contributed by atoms with Crippen LogP contribution < -0.4 is 10.6 Å². The van der Waals surface area contributed by atoms with Gasteiger partial charge in [0, 0.05) is 38.8 Å². The zero-order chi connectivity index (χ0) is 18.9. The number of hydrogen-bond donors (Lipinski definition) is 2. The molecule has 3 rings (SSSR count). The largest absolute Gasteiger partial charge is 0.357 e. The van der Waals surface area contributed by atoms with Gasteiger partial charge in [-0.25, -0.2) is 4.99 Å². The first kappa shape index (κ1) is 22.4. The van der Waals surface area contributed by atoms with E-state index in [9.17, 15) is 4.79 Å². The summed E-state index contributed by atoms with van der Waals surface area (Å²) < 4.78 is 1.94. The molecule has 1 aliphatic heterocycles. The van der Waals surface area contributed by atoms with Crippen LogP contribution in [0.4, 0.5) is 0 Å². The standard InChI is InChI=1S/C19H29N7O.HI/c1-2-20-19(21-11-8-13-25-12-6-3-4-10-18(25)27)22-15-17-24-23-16-9-5-7-14-26(16)17;/h5,7,9,14H,2-4,6,8,10-13,15H2,1H3,(H2,20,21,22);1H. The molecule has 1 aliphatic rings. The number of fused-ring (bicyclic) bond motifs is 1. The van der Waals surface area contributed by atoms with E-state index >= 15 is 0 Å². The van der Waals surface area contributed by atoms with Crippen LogP contribution in [0.5, 0.6) is 0 Å². The Morgan fingerprint density at radius 3 is 2.96 bits per heavy atom. The first-order valence-corrected chi connectivity index (χ1v) is 9.86. The quantitative estimate of drug-likeness (QED) is 0.264. The Morgan fingerprint density at radius 2 is 2.11 bits per heavy atom. The van der Waals surface area contributed by atoms with Crippen molar-refractivity contribution in [3.8, 4) is 0 Å². The van der Waals surface area contributed by atoms with E-state index in [4.69, 9.17) is 0 Å². The van der Waals surface area contributed by atoms with Gasteiger partial charge in [-0.1, -0.05) is 12.5 Å². The fourth-order valence-electron chi connectivity index (χ4n) is 3.24. The Balaban J connectivity index is 0.00000280. The maximum Gasteiger partial charge on any atom is 0.222 e. The van der Waals surface area contributed by atoms with Crippen molar-refractivity contribution in [1.29, 1.82) is 0 Å². The zero-order valence-electron chi connectivity index (χ0n) is 16.4. The van der Waals surface area contributed by atoms with Crippen LogP contribution in [-0.2, 0) is 11.3 Å². The number of guanidine groups is 1. The van der Waals surface area contributed by atoms with Crippen molar-refractivity contribution in [2.75, 3.05) is 26.2 Å². The number of hydrogen-bond acceptors (Lipinski definition) is 4. The van der Waals surface area contributed by atoms with E-state index in [1.165, 1.54) is 0 Å². The molecule has 1 saturated heterocycles. The SMILES string of the molecule is CCNC(=NCc1nnc2ccccn12)NCCCN1CCCCCC1=O.I. The van der Waals surface area contributed by atoms with E-state index in [0.717, 1.165) is 69.3 Å². The van der Waals surface area contributed by atoms with Gasteiger partial charge in [-0.3, -0.25) is 9.20 Å². The van der Waals surface area contributed by atoms with Crippen LogP contribution in [-0.4, -0.2) is 57.5 Å². The van der Waals surface area contributed by atoms with Crippen LogP contribution in [0.25, 0.3) is 5.65 Å². The minimum atomic E-state index is 0. The molecule has 0 saturated carbocycles. The molecular weight excluding hydrogens is 469 g/mol. The van der Waals surface area contributed by atoms with Crippen LogP contribution in [0.15, 0.2) is 29.4 Å². The second-order valence-corrected chi connectivity index (χ2v) is 6.71. The third-order valence-corrected chi connectivity index (χ3v) is 4.68. The molecule has 9 heteroatoms. The lowest BCUT2D eigenvalue weighted by Gasteiger charge is -2.20. The maximum absolute atomic E-state index is 12.0. The average Bonchev–Trinajstić information content (AvgIpc) is 2.99. The number of amides is 1. The van der Waals surface area contributed by atoms with Gasteiger partial charge in [0.2, 0.25) is 5.91 Å². The van der Waals surface area contributed by atoms with Crippen LogP contribution >= 0.6 is 24.0 Å². The predicted molar refractivity (Wildman–Crippen MR) is 121 cm³/mol. The van der Waals surface area contributed by atoms with Gasteiger partial charge in [0.25, 0.3) is 0 Å². The van der Waals surface area contributed by atoms with Crippen LogP contribution in [0.3, 0.4) is 0 Å². The van der Waals surface area contributed by atoms with Crippen molar-refractivity contribution < 1.29 is 4.79 Å². The normalized spacial score (nSPS) is 15.2. The second-order valence-electron chi connectivity index (χ2n) is 6.71. The van der Waals surface area contributed by atoms with Crippen LogP contribution in [0.2, 0.25) is 0 Å². The highest BCUT2D eigenvalue weighted by atomic mass is 127. The number of rotatable bonds is 7. The number of carbonyl (C=O) groups excluding carboxylic acids is 1. The van der Waals surface area contributed by atoms with Crippen LogP contribution in [0.1, 0.15) is 44.9 Å². The van der Waals surface area contributed by atoms with Gasteiger partial charge in [0.05, 0.1) is 0 Å². The van der Waals surface area contributed by atoms with Crippen molar-refractivity contribution in [2.24, 2.45) is 4.99 Å². The zero-order valence-corrected chi connectivity index (χ0v) is 18.8. The lowest BCUT2D eigenvalue weighted by atomic mass is 10.2. The summed E-state index contributed by atoms with van der Waals surface area (Å²) in [5.41, 5.74) is 0.822. The van der Waals surface area contributed by atoms with E-state index < -0.39 is 0 Å². The van der Waals surface area contributed by atoms with Gasteiger partial charge >= 0.3 is 0 Å². The first-order chi connectivity index (χ1) is 13.3. The molecule has 0 spiro atoms. The van der Waals surface area contributed by atoms with Gasteiger partial charge in [0.1, 0.15) is 6.54 Å². The molecule has 2 aromatic heterocycles. The van der Waals surface area contributed by atoms with E-state index in [1.54, 1.807) is 0 Å². The molecule has 0 bridgehead atoms. The lowest BCUT2D eigenvalue weighted by molar-refractivity contribution is -0.130. The summed E-state index contributed by atoms with van der Waals surface area (Å²) >= 11 is 0. The number of nitrogens with zero attached hydrogens (tertiary/aromatic N) is 5. The van der Waals surface area contributed by atoms with Crippen molar-refractivity contribution in [3.63, 3.8) is 0 Å². The molecule has 1 fully saturated rings. The molecule has 154 valence electrons. The molecule has 0 atom stereocenters.